The van der Waals surface area contributed by atoms with E-state index < -0.39 is 0 Å². The van der Waals surface area contributed by atoms with Gasteiger partial charge in [0.25, 0.3) is 0 Å². The lowest BCUT2D eigenvalue weighted by Gasteiger charge is -2.16. The van der Waals surface area contributed by atoms with Crippen molar-refractivity contribution >= 4 is 17.4 Å². The molecule has 0 aliphatic carbocycles. The molecule has 1 N–H and O–H groups in total. The zero-order valence-electron chi connectivity index (χ0n) is 16.8. The number of nitrogens with zero attached hydrogens (tertiary/aromatic N) is 5. The highest BCUT2D eigenvalue weighted by atomic mass is 16.1. The van der Waals surface area contributed by atoms with Gasteiger partial charge in [0.15, 0.2) is 5.82 Å². The van der Waals surface area contributed by atoms with E-state index in [-0.39, 0.29) is 11.8 Å². The number of amides is 1. The highest BCUT2D eigenvalue weighted by Gasteiger charge is 2.29. The monoisotopic (exact) mass is 390 g/mol. The average molecular weight is 390 g/mol. The molecule has 0 saturated carbocycles. The Labute approximate surface area is 170 Å². The third kappa shape index (κ3) is 4.62. The Bertz CT molecular complexity index is 951. The van der Waals surface area contributed by atoms with E-state index in [2.05, 4.69) is 45.6 Å². The quantitative estimate of drug-likeness (QED) is 0.698. The maximum absolute atomic E-state index is 12.7. The Balaban J connectivity index is 1.35. The Morgan fingerprint density at radius 2 is 2.03 bits per heavy atom. The van der Waals surface area contributed by atoms with Crippen LogP contribution in [-0.2, 0) is 11.3 Å². The van der Waals surface area contributed by atoms with Gasteiger partial charge in [0.1, 0.15) is 0 Å². The summed E-state index contributed by atoms with van der Waals surface area (Å²) in [6.45, 7) is 6.74. The van der Waals surface area contributed by atoms with E-state index in [0.29, 0.717) is 12.5 Å². The van der Waals surface area contributed by atoms with Crippen LogP contribution in [0.4, 0.5) is 11.5 Å². The number of carbonyl (C=O) groups excluding carboxylic acids is 1. The summed E-state index contributed by atoms with van der Waals surface area (Å²) >= 11 is 0. The molecule has 1 fully saturated rings. The summed E-state index contributed by atoms with van der Waals surface area (Å²) in [7, 11) is 0. The molecule has 0 spiro atoms. The number of hydrogen-bond acceptors (Lipinski definition) is 5. The smallest absolute Gasteiger partial charge is 0.229 e. The first-order valence-corrected chi connectivity index (χ1v) is 10.0. The highest BCUT2D eigenvalue weighted by Crippen LogP contribution is 2.24. The SMILES string of the molecule is CC(C)Cn1cc(-c2ccc(NC(=O)C3CCN(c4cccnn4)C3)cc2)cn1. The van der Waals surface area contributed by atoms with Crippen molar-refractivity contribution in [3.05, 3.63) is 55.0 Å². The molecule has 29 heavy (non-hydrogen) atoms. The number of hydrogen-bond donors (Lipinski definition) is 1. The molecule has 2 aromatic heterocycles. The lowest BCUT2D eigenvalue weighted by Crippen LogP contribution is -2.27. The molecule has 1 amide bonds. The molecule has 0 bridgehead atoms. The zero-order chi connectivity index (χ0) is 20.2. The van der Waals surface area contributed by atoms with Crippen molar-refractivity contribution in [2.75, 3.05) is 23.3 Å². The van der Waals surface area contributed by atoms with E-state index in [1.165, 1.54) is 0 Å². The summed E-state index contributed by atoms with van der Waals surface area (Å²) < 4.78 is 1.97. The van der Waals surface area contributed by atoms with Crippen molar-refractivity contribution in [3.63, 3.8) is 0 Å². The predicted molar refractivity (Wildman–Crippen MR) is 113 cm³/mol. The molecule has 150 valence electrons. The van der Waals surface area contributed by atoms with Gasteiger partial charge in [-0.05, 0) is 42.2 Å². The minimum absolute atomic E-state index is 0.0499. The van der Waals surface area contributed by atoms with Crippen molar-refractivity contribution in [1.29, 1.82) is 0 Å². The summed E-state index contributed by atoms with van der Waals surface area (Å²) in [4.78, 5) is 14.8. The molecule has 1 unspecified atom stereocenters. The molecule has 7 nitrogen and oxygen atoms in total. The van der Waals surface area contributed by atoms with Crippen LogP contribution in [0.3, 0.4) is 0 Å². The molecular weight excluding hydrogens is 364 g/mol. The lowest BCUT2D eigenvalue weighted by atomic mass is 10.1. The number of aromatic nitrogens is 4. The van der Waals surface area contributed by atoms with Crippen LogP contribution in [0, 0.1) is 11.8 Å². The Morgan fingerprint density at radius 1 is 1.21 bits per heavy atom. The zero-order valence-corrected chi connectivity index (χ0v) is 16.8. The van der Waals surface area contributed by atoms with Gasteiger partial charge in [-0.25, -0.2) is 0 Å². The molecule has 3 aromatic rings. The summed E-state index contributed by atoms with van der Waals surface area (Å²) in [6, 6.07) is 11.7. The molecule has 1 aliphatic heterocycles. The highest BCUT2D eigenvalue weighted by molar-refractivity contribution is 5.93. The normalized spacial score (nSPS) is 16.4. The number of anilines is 2. The molecule has 7 heteroatoms. The Kier molecular flexibility index (Phi) is 5.55. The van der Waals surface area contributed by atoms with Gasteiger partial charge in [-0.1, -0.05) is 26.0 Å². The van der Waals surface area contributed by atoms with Crippen LogP contribution in [0.2, 0.25) is 0 Å². The number of nitrogens with one attached hydrogen (secondary N) is 1. The van der Waals surface area contributed by atoms with E-state index >= 15 is 0 Å². The molecule has 3 heterocycles. The number of benzene rings is 1. The summed E-state index contributed by atoms with van der Waals surface area (Å²) in [5.74, 6) is 1.38. The first kappa shape index (κ1) is 19.1. The number of rotatable bonds is 6. The molecule has 1 aliphatic rings. The van der Waals surface area contributed by atoms with E-state index in [0.717, 1.165) is 42.1 Å². The maximum Gasteiger partial charge on any atom is 0.229 e. The topological polar surface area (TPSA) is 75.9 Å². The average Bonchev–Trinajstić information content (AvgIpc) is 3.39. The molecule has 1 saturated heterocycles. The second-order valence-corrected chi connectivity index (χ2v) is 7.92. The Hall–Kier alpha value is -3.22. The molecular formula is C22H26N6O. The fourth-order valence-electron chi connectivity index (χ4n) is 3.62. The van der Waals surface area contributed by atoms with E-state index in [1.807, 2.05) is 47.3 Å². The van der Waals surface area contributed by atoms with E-state index in [4.69, 9.17) is 0 Å². The fourth-order valence-corrected chi connectivity index (χ4v) is 3.62. The summed E-state index contributed by atoms with van der Waals surface area (Å²) in [5.41, 5.74) is 2.98. The summed E-state index contributed by atoms with van der Waals surface area (Å²) in [5, 5.41) is 15.5. The maximum atomic E-state index is 12.7. The van der Waals surface area contributed by atoms with E-state index in [1.54, 1.807) is 6.20 Å². The van der Waals surface area contributed by atoms with Gasteiger partial charge in [-0.15, -0.1) is 5.10 Å². The minimum Gasteiger partial charge on any atom is -0.354 e. The van der Waals surface area contributed by atoms with Crippen LogP contribution < -0.4 is 10.2 Å². The van der Waals surface area contributed by atoms with Crippen molar-refractivity contribution < 1.29 is 4.79 Å². The second-order valence-electron chi connectivity index (χ2n) is 7.92. The van der Waals surface area contributed by atoms with Crippen LogP contribution in [0.25, 0.3) is 11.1 Å². The molecule has 1 atom stereocenters. The van der Waals surface area contributed by atoms with Crippen LogP contribution in [-0.4, -0.2) is 39.0 Å². The summed E-state index contributed by atoms with van der Waals surface area (Å²) in [6.07, 6.45) is 6.42. The first-order chi connectivity index (χ1) is 14.1. The van der Waals surface area contributed by atoms with Crippen LogP contribution in [0.1, 0.15) is 20.3 Å². The largest absolute Gasteiger partial charge is 0.354 e. The molecule has 1 aromatic carbocycles. The van der Waals surface area contributed by atoms with Gasteiger partial charge in [-0.3, -0.25) is 9.48 Å². The first-order valence-electron chi connectivity index (χ1n) is 10.0. The van der Waals surface area contributed by atoms with Crippen molar-refractivity contribution in [3.8, 4) is 11.1 Å². The third-order valence-electron chi connectivity index (χ3n) is 5.11. The number of carbonyl (C=O) groups is 1. The van der Waals surface area contributed by atoms with Gasteiger partial charge in [-0.2, -0.15) is 10.2 Å². The lowest BCUT2D eigenvalue weighted by molar-refractivity contribution is -0.119. The molecule has 4 rings (SSSR count). The minimum atomic E-state index is -0.0500. The predicted octanol–water partition coefficient (Wildman–Crippen LogP) is 3.46. The Morgan fingerprint density at radius 3 is 2.76 bits per heavy atom. The van der Waals surface area contributed by atoms with Gasteiger partial charge < -0.3 is 10.2 Å². The van der Waals surface area contributed by atoms with Gasteiger partial charge in [0.2, 0.25) is 5.91 Å². The van der Waals surface area contributed by atoms with Gasteiger partial charge in [0, 0.05) is 43.3 Å². The molecule has 0 radical (unpaired) electrons. The van der Waals surface area contributed by atoms with Crippen LogP contribution in [0.15, 0.2) is 55.0 Å². The van der Waals surface area contributed by atoms with Crippen molar-refractivity contribution in [2.24, 2.45) is 11.8 Å². The van der Waals surface area contributed by atoms with Crippen molar-refractivity contribution in [2.45, 2.75) is 26.8 Å². The second kappa shape index (κ2) is 8.43. The third-order valence-corrected chi connectivity index (χ3v) is 5.11. The van der Waals surface area contributed by atoms with Gasteiger partial charge in [0.05, 0.1) is 12.1 Å². The van der Waals surface area contributed by atoms with Crippen LogP contribution >= 0.6 is 0 Å². The van der Waals surface area contributed by atoms with Gasteiger partial charge >= 0.3 is 0 Å². The van der Waals surface area contributed by atoms with Crippen molar-refractivity contribution in [1.82, 2.24) is 20.0 Å². The van der Waals surface area contributed by atoms with E-state index in [9.17, 15) is 4.79 Å². The van der Waals surface area contributed by atoms with Crippen LogP contribution in [0.5, 0.6) is 0 Å². The standard InChI is InChI=1S/C22H26N6O/c1-16(2)13-28-15-19(12-24-28)17-5-7-20(8-6-17)25-22(29)18-9-11-27(14-18)21-4-3-10-23-26-21/h3-8,10,12,15-16,18H,9,11,13-14H2,1-2H3,(H,25,29). The fraction of sp³-hybridized carbons (Fsp3) is 0.364.